The van der Waals surface area contributed by atoms with Crippen molar-refractivity contribution in [1.82, 2.24) is 25.8 Å². The van der Waals surface area contributed by atoms with Crippen LogP contribution in [0.5, 0.6) is 0 Å². The molecule has 3 rings (SSSR count). The van der Waals surface area contributed by atoms with Gasteiger partial charge in [0.15, 0.2) is 0 Å². The molecule has 3 N–H and O–H groups in total. The van der Waals surface area contributed by atoms with Crippen LogP contribution in [-0.4, -0.2) is 85.8 Å². The summed E-state index contributed by atoms with van der Waals surface area (Å²) in [6.45, 7) is 20.9. The number of benzene rings is 1. The Morgan fingerprint density at radius 3 is 2.41 bits per heavy atom. The van der Waals surface area contributed by atoms with Crippen LogP contribution in [0.1, 0.15) is 97.7 Å². The van der Waals surface area contributed by atoms with Gasteiger partial charge in [-0.2, -0.15) is 0 Å². The number of nitrogens with one attached hydrogen (secondary N) is 3. The van der Waals surface area contributed by atoms with Gasteiger partial charge in [-0.25, -0.2) is 9.59 Å². The standard InChI is InChI=1S/C38H57ClN6O4.C2H6/c1-8-11-14-30(33(17-20-41-27-40-7)43-36(46)49-38(6)18-12-19-38)32-25-29(39)15-16-31(32)35(34(13-9-2)42-10-3)44-21-23-45(24-22-44)37(47)48-26-28(4)5;1-2/h9-10,13-17,20,25,27-28,33-35,42H,3,8,11-12,18-19,21-24,26H2,1-2,4-7H3,(H,40,41)(H,43,46);1-2H3/b13-9-,20-17+,30-14+;. The molecule has 0 spiro atoms. The summed E-state index contributed by atoms with van der Waals surface area (Å²) in [6.07, 6.45) is 17.0. The molecule has 1 aliphatic heterocycles. The van der Waals surface area contributed by atoms with Gasteiger partial charge in [-0.3, -0.25) is 9.89 Å². The van der Waals surface area contributed by atoms with Crippen LogP contribution in [0.25, 0.3) is 5.57 Å². The highest BCUT2D eigenvalue weighted by molar-refractivity contribution is 6.30. The van der Waals surface area contributed by atoms with Gasteiger partial charge in [0.05, 0.1) is 31.1 Å². The van der Waals surface area contributed by atoms with Crippen molar-refractivity contribution >= 4 is 35.7 Å². The Bertz CT molecular complexity index is 1350. The number of hydrogen-bond donors (Lipinski definition) is 3. The number of allylic oxidation sites excluding steroid dienone is 2. The predicted octanol–water partition coefficient (Wildman–Crippen LogP) is 8.48. The van der Waals surface area contributed by atoms with Crippen molar-refractivity contribution in [3.8, 4) is 0 Å². The maximum absolute atomic E-state index is 13.4. The molecular formula is C40H63ClN6O4. The first-order chi connectivity index (χ1) is 24.5. The van der Waals surface area contributed by atoms with Crippen LogP contribution in [0.2, 0.25) is 5.02 Å². The number of piperazine rings is 1. The fourth-order valence-corrected chi connectivity index (χ4v) is 6.29. The van der Waals surface area contributed by atoms with E-state index in [9.17, 15) is 9.59 Å². The van der Waals surface area contributed by atoms with Gasteiger partial charge in [-0.05, 0) is 86.6 Å². The van der Waals surface area contributed by atoms with E-state index >= 15 is 0 Å². The fourth-order valence-electron chi connectivity index (χ4n) is 6.12. The Kier molecular flexibility index (Phi) is 19.5. The maximum Gasteiger partial charge on any atom is 0.409 e. The normalized spacial score (nSPS) is 18.1. The number of hydrogen-bond acceptors (Lipinski definition) is 7. The molecule has 3 atom stereocenters. The third kappa shape index (κ3) is 13.7. The molecule has 0 radical (unpaired) electrons. The highest BCUT2D eigenvalue weighted by atomic mass is 35.5. The molecule has 51 heavy (non-hydrogen) atoms. The van der Waals surface area contributed by atoms with E-state index in [4.69, 9.17) is 21.1 Å². The largest absolute Gasteiger partial charge is 0.449 e. The predicted molar refractivity (Wildman–Crippen MR) is 212 cm³/mol. The molecule has 10 nitrogen and oxygen atoms in total. The molecule has 2 amide bonds. The summed E-state index contributed by atoms with van der Waals surface area (Å²) in [5, 5.41) is 10.3. The molecule has 2 fully saturated rings. The molecular weight excluding hydrogens is 664 g/mol. The lowest BCUT2D eigenvalue weighted by atomic mass is 9.82. The van der Waals surface area contributed by atoms with Crippen LogP contribution in [0.3, 0.4) is 0 Å². The minimum absolute atomic E-state index is 0.151. The van der Waals surface area contributed by atoms with E-state index in [1.165, 1.54) is 0 Å². The van der Waals surface area contributed by atoms with Crippen molar-refractivity contribution in [1.29, 1.82) is 0 Å². The van der Waals surface area contributed by atoms with Gasteiger partial charge in [-0.15, -0.1) is 0 Å². The SMILES string of the molecule is C=CNC(/C=C\C)C(c1ccc(Cl)cc1/C(=C\CCC)C(/C=C/NC=NC)NC(=O)OC1(C)CCC1)N1CCN(C(=O)OCC(C)C)CC1.CC. The lowest BCUT2D eigenvalue weighted by molar-refractivity contribution is -0.0323. The molecule has 1 aliphatic carbocycles. The van der Waals surface area contributed by atoms with E-state index in [-0.39, 0.29) is 24.1 Å². The second kappa shape index (κ2) is 22.9. The van der Waals surface area contributed by atoms with Gasteiger partial charge in [0, 0.05) is 44.4 Å². The van der Waals surface area contributed by atoms with Crippen LogP contribution in [0.15, 0.2) is 66.5 Å². The molecule has 3 unspecified atom stereocenters. The van der Waals surface area contributed by atoms with Crippen molar-refractivity contribution in [3.05, 3.63) is 77.6 Å². The van der Waals surface area contributed by atoms with E-state index < -0.39 is 17.7 Å². The number of nitrogens with zero attached hydrogens (tertiary/aromatic N) is 3. The molecule has 1 aromatic carbocycles. The summed E-state index contributed by atoms with van der Waals surface area (Å²) >= 11 is 6.76. The summed E-state index contributed by atoms with van der Waals surface area (Å²) in [7, 11) is 1.69. The smallest absolute Gasteiger partial charge is 0.409 e. The number of carbonyl (C=O) groups excluding carboxylic acids is 2. The molecule has 1 saturated carbocycles. The van der Waals surface area contributed by atoms with Crippen LogP contribution < -0.4 is 16.0 Å². The van der Waals surface area contributed by atoms with E-state index in [0.29, 0.717) is 37.8 Å². The fraction of sp³-hybridized carbons (Fsp3) is 0.575. The third-order valence-electron chi connectivity index (χ3n) is 8.80. The summed E-state index contributed by atoms with van der Waals surface area (Å²) in [5.74, 6) is 0.270. The quantitative estimate of drug-likeness (QED) is 0.0840. The molecule has 1 heterocycles. The third-order valence-corrected chi connectivity index (χ3v) is 9.04. The zero-order valence-corrected chi connectivity index (χ0v) is 33.0. The Labute approximate surface area is 312 Å². The van der Waals surface area contributed by atoms with Crippen molar-refractivity contribution in [2.75, 3.05) is 39.8 Å². The molecule has 1 saturated heterocycles. The van der Waals surface area contributed by atoms with Crippen LogP contribution >= 0.6 is 11.6 Å². The molecule has 0 aromatic heterocycles. The van der Waals surface area contributed by atoms with Crippen molar-refractivity contribution < 1.29 is 19.1 Å². The first-order valence-corrected chi connectivity index (χ1v) is 18.9. The Morgan fingerprint density at radius 1 is 1.14 bits per heavy atom. The van der Waals surface area contributed by atoms with Gasteiger partial charge in [0.25, 0.3) is 0 Å². The maximum atomic E-state index is 13.4. The second-order valence-electron chi connectivity index (χ2n) is 13.3. The van der Waals surface area contributed by atoms with Crippen LogP contribution in [-0.2, 0) is 9.47 Å². The Balaban J connectivity index is 0.00000442. The topological polar surface area (TPSA) is 108 Å². The van der Waals surface area contributed by atoms with Gasteiger partial charge >= 0.3 is 12.2 Å². The molecule has 0 bridgehead atoms. The van der Waals surface area contributed by atoms with E-state index in [1.807, 2.05) is 65.8 Å². The zero-order valence-electron chi connectivity index (χ0n) is 32.2. The first kappa shape index (κ1) is 43.4. The minimum atomic E-state index is -0.543. The summed E-state index contributed by atoms with van der Waals surface area (Å²) < 4.78 is 11.5. The number of ether oxygens (including phenoxy) is 2. The molecule has 11 heteroatoms. The summed E-state index contributed by atoms with van der Waals surface area (Å²) in [5.41, 5.74) is 2.40. The number of rotatable bonds is 17. The lowest BCUT2D eigenvalue weighted by Gasteiger charge is -2.42. The van der Waals surface area contributed by atoms with E-state index in [1.54, 1.807) is 30.7 Å². The zero-order chi connectivity index (χ0) is 37.8. The van der Waals surface area contributed by atoms with Crippen molar-refractivity contribution in [2.45, 2.75) is 104 Å². The highest BCUT2D eigenvalue weighted by Crippen LogP contribution is 2.37. The summed E-state index contributed by atoms with van der Waals surface area (Å²) in [4.78, 5) is 34.4. The van der Waals surface area contributed by atoms with E-state index in [0.717, 1.165) is 48.8 Å². The highest BCUT2D eigenvalue weighted by Gasteiger charge is 2.37. The Morgan fingerprint density at radius 2 is 1.84 bits per heavy atom. The average Bonchev–Trinajstić information content (AvgIpc) is 3.10. The van der Waals surface area contributed by atoms with Gasteiger partial charge in [0.1, 0.15) is 5.60 Å². The first-order valence-electron chi connectivity index (χ1n) is 18.5. The molecule has 284 valence electrons. The number of amides is 2. The van der Waals surface area contributed by atoms with Gasteiger partial charge in [-0.1, -0.05) is 83.5 Å². The van der Waals surface area contributed by atoms with Crippen LogP contribution in [0.4, 0.5) is 9.59 Å². The van der Waals surface area contributed by atoms with Gasteiger partial charge < -0.3 is 30.3 Å². The number of halogens is 1. The van der Waals surface area contributed by atoms with E-state index in [2.05, 4.69) is 57.6 Å². The molecule has 1 aromatic rings. The number of unbranched alkanes of at least 4 members (excludes halogenated alkanes) is 1. The number of aliphatic imine (C=N–C) groups is 1. The second-order valence-corrected chi connectivity index (χ2v) is 13.7. The summed E-state index contributed by atoms with van der Waals surface area (Å²) in [6, 6.07) is 5.10. The van der Waals surface area contributed by atoms with Crippen molar-refractivity contribution in [3.63, 3.8) is 0 Å². The Hall–Kier alpha value is -3.76. The van der Waals surface area contributed by atoms with Crippen LogP contribution in [0, 0.1) is 5.92 Å². The molecule has 2 aliphatic rings. The minimum Gasteiger partial charge on any atom is -0.449 e. The number of carbonyl (C=O) groups is 2. The lowest BCUT2D eigenvalue weighted by Crippen LogP contribution is -2.53. The number of alkyl carbamates (subject to hydrolysis) is 1. The van der Waals surface area contributed by atoms with Gasteiger partial charge in [0.2, 0.25) is 0 Å². The monoisotopic (exact) mass is 726 g/mol. The average molecular weight is 727 g/mol. The van der Waals surface area contributed by atoms with Crippen molar-refractivity contribution in [2.24, 2.45) is 10.9 Å².